The molecule has 2 heterocycles. The first-order valence-corrected chi connectivity index (χ1v) is 7.30. The molecular formula is C15H9F3N2O2S. The molecule has 3 aromatic rings. The molecule has 23 heavy (non-hydrogen) atoms. The predicted molar refractivity (Wildman–Crippen MR) is 78.0 cm³/mol. The van der Waals surface area contributed by atoms with E-state index in [0.29, 0.717) is 11.2 Å². The van der Waals surface area contributed by atoms with E-state index < -0.39 is 17.7 Å². The van der Waals surface area contributed by atoms with Gasteiger partial charge in [0.25, 0.3) is 0 Å². The van der Waals surface area contributed by atoms with Gasteiger partial charge in [-0.1, -0.05) is 12.1 Å². The molecule has 0 atom stereocenters. The van der Waals surface area contributed by atoms with Gasteiger partial charge in [0.15, 0.2) is 0 Å². The summed E-state index contributed by atoms with van der Waals surface area (Å²) in [5.74, 6) is -0.794. The second kappa shape index (κ2) is 5.96. The summed E-state index contributed by atoms with van der Waals surface area (Å²) in [4.78, 5) is 19.6. The number of ether oxygens (including phenoxy) is 1. The van der Waals surface area contributed by atoms with Crippen LogP contribution in [0, 0.1) is 0 Å². The Bertz CT molecular complexity index is 811. The van der Waals surface area contributed by atoms with E-state index in [1.807, 2.05) is 24.3 Å². The highest BCUT2D eigenvalue weighted by Crippen LogP contribution is 2.28. The lowest BCUT2D eigenvalue weighted by molar-refractivity contribution is -0.137. The van der Waals surface area contributed by atoms with Gasteiger partial charge in [-0.3, -0.25) is 0 Å². The molecule has 118 valence electrons. The second-order valence-corrected chi connectivity index (χ2v) is 5.70. The summed E-state index contributed by atoms with van der Waals surface area (Å²) in [5, 5.41) is 0.603. The predicted octanol–water partition coefficient (Wildman–Crippen LogP) is 4.07. The van der Waals surface area contributed by atoms with Crippen LogP contribution >= 0.6 is 11.3 Å². The molecule has 0 aliphatic rings. The summed E-state index contributed by atoms with van der Waals surface area (Å²) >= 11 is 1.38. The topological polar surface area (TPSA) is 52.1 Å². The molecule has 0 amide bonds. The number of pyridine rings is 1. The third-order valence-corrected chi connectivity index (χ3v) is 3.97. The van der Waals surface area contributed by atoms with E-state index in [4.69, 9.17) is 4.74 Å². The van der Waals surface area contributed by atoms with Gasteiger partial charge in [0.2, 0.25) is 0 Å². The molecule has 1 aromatic carbocycles. The summed E-state index contributed by atoms with van der Waals surface area (Å²) in [7, 11) is 0. The summed E-state index contributed by atoms with van der Waals surface area (Å²) < 4.78 is 43.3. The van der Waals surface area contributed by atoms with Crippen LogP contribution in [0.2, 0.25) is 0 Å². The SMILES string of the molecule is O=C(OCc1nc2ccccc2s1)c1ccc(C(F)(F)F)cn1. The van der Waals surface area contributed by atoms with Gasteiger partial charge >= 0.3 is 12.1 Å². The number of benzene rings is 1. The lowest BCUT2D eigenvalue weighted by atomic mass is 10.2. The lowest BCUT2D eigenvalue weighted by Gasteiger charge is -2.06. The van der Waals surface area contributed by atoms with Crippen molar-refractivity contribution in [3.8, 4) is 0 Å². The largest absolute Gasteiger partial charge is 0.454 e. The van der Waals surface area contributed by atoms with Crippen LogP contribution in [0.1, 0.15) is 21.1 Å². The van der Waals surface area contributed by atoms with Crippen molar-refractivity contribution in [1.82, 2.24) is 9.97 Å². The minimum absolute atomic E-state index is 0.0547. The smallest absolute Gasteiger partial charge is 0.417 e. The first-order valence-electron chi connectivity index (χ1n) is 6.48. The number of rotatable bonds is 3. The van der Waals surface area contributed by atoms with Crippen molar-refractivity contribution in [3.05, 3.63) is 58.9 Å². The Morgan fingerprint density at radius 1 is 1.17 bits per heavy atom. The van der Waals surface area contributed by atoms with Crippen molar-refractivity contribution in [1.29, 1.82) is 0 Å². The number of nitrogens with zero attached hydrogens (tertiary/aromatic N) is 2. The fraction of sp³-hybridized carbons (Fsp3) is 0.133. The van der Waals surface area contributed by atoms with E-state index in [1.54, 1.807) is 0 Å². The Labute approximate surface area is 132 Å². The quantitative estimate of drug-likeness (QED) is 0.676. The number of halogens is 3. The summed E-state index contributed by atoms with van der Waals surface area (Å²) in [6, 6.07) is 9.25. The lowest BCUT2D eigenvalue weighted by Crippen LogP contribution is -2.10. The first kappa shape index (κ1) is 15.4. The number of alkyl halides is 3. The number of fused-ring (bicyclic) bond motifs is 1. The van der Waals surface area contributed by atoms with Crippen LogP contribution in [0.4, 0.5) is 13.2 Å². The number of thiazole rings is 1. The van der Waals surface area contributed by atoms with Crippen molar-refractivity contribution in [2.75, 3.05) is 0 Å². The zero-order valence-corrected chi connectivity index (χ0v) is 12.3. The molecule has 0 spiro atoms. The normalized spacial score (nSPS) is 11.6. The van der Waals surface area contributed by atoms with Crippen molar-refractivity contribution >= 4 is 27.5 Å². The highest BCUT2D eigenvalue weighted by Gasteiger charge is 2.31. The Kier molecular flexibility index (Phi) is 3.99. The standard InChI is InChI=1S/C15H9F3N2O2S/c16-15(17,18)9-5-6-11(19-7-9)14(21)22-8-13-20-10-3-1-2-4-12(10)23-13/h1-7H,8H2. The molecule has 3 rings (SSSR count). The summed E-state index contributed by atoms with van der Waals surface area (Å²) in [6.45, 7) is -0.0547. The molecule has 2 aromatic heterocycles. The van der Waals surface area contributed by atoms with Crippen LogP contribution in [0.5, 0.6) is 0 Å². The maximum atomic E-state index is 12.4. The minimum Gasteiger partial charge on any atom is -0.454 e. The molecule has 0 unspecified atom stereocenters. The van der Waals surface area contributed by atoms with Gasteiger partial charge in [-0.2, -0.15) is 13.2 Å². The molecular weight excluding hydrogens is 329 g/mol. The number of hydrogen-bond acceptors (Lipinski definition) is 5. The molecule has 0 N–H and O–H groups in total. The van der Waals surface area contributed by atoms with Crippen molar-refractivity contribution in [2.24, 2.45) is 0 Å². The van der Waals surface area contributed by atoms with E-state index in [-0.39, 0.29) is 12.3 Å². The molecule has 0 aliphatic carbocycles. The maximum absolute atomic E-state index is 12.4. The van der Waals surface area contributed by atoms with Crippen LogP contribution in [0.3, 0.4) is 0 Å². The van der Waals surface area contributed by atoms with Gasteiger partial charge in [0.05, 0.1) is 15.8 Å². The van der Waals surface area contributed by atoms with Crippen molar-refractivity contribution in [2.45, 2.75) is 12.8 Å². The molecule has 0 saturated heterocycles. The summed E-state index contributed by atoms with van der Waals surface area (Å²) in [6.07, 6.45) is -3.88. The molecule has 0 radical (unpaired) electrons. The van der Waals surface area contributed by atoms with Crippen LogP contribution in [0.25, 0.3) is 10.2 Å². The van der Waals surface area contributed by atoms with E-state index in [9.17, 15) is 18.0 Å². The number of carbonyl (C=O) groups excluding carboxylic acids is 1. The van der Waals surface area contributed by atoms with Crippen LogP contribution < -0.4 is 0 Å². The third-order valence-electron chi connectivity index (χ3n) is 2.96. The second-order valence-electron chi connectivity index (χ2n) is 4.58. The van der Waals surface area contributed by atoms with E-state index in [0.717, 1.165) is 22.3 Å². The van der Waals surface area contributed by atoms with Crippen LogP contribution in [0.15, 0.2) is 42.6 Å². The van der Waals surface area contributed by atoms with Crippen molar-refractivity contribution < 1.29 is 22.7 Å². The fourth-order valence-electron chi connectivity index (χ4n) is 1.87. The third kappa shape index (κ3) is 3.48. The zero-order valence-electron chi connectivity index (χ0n) is 11.5. The van der Waals surface area contributed by atoms with E-state index in [1.165, 1.54) is 11.3 Å². The molecule has 4 nitrogen and oxygen atoms in total. The Balaban J connectivity index is 1.67. The fourth-order valence-corrected chi connectivity index (χ4v) is 2.75. The number of para-hydroxylation sites is 1. The molecule has 0 bridgehead atoms. The van der Waals surface area contributed by atoms with Crippen LogP contribution in [-0.4, -0.2) is 15.9 Å². The minimum atomic E-state index is -4.49. The number of hydrogen-bond donors (Lipinski definition) is 0. The van der Waals surface area contributed by atoms with Gasteiger partial charge in [-0.15, -0.1) is 11.3 Å². The Morgan fingerprint density at radius 2 is 1.96 bits per heavy atom. The first-order chi connectivity index (χ1) is 10.9. The molecule has 8 heteroatoms. The number of aromatic nitrogens is 2. The van der Waals surface area contributed by atoms with Gasteiger partial charge < -0.3 is 4.74 Å². The molecule has 0 saturated carbocycles. The zero-order chi connectivity index (χ0) is 16.4. The monoisotopic (exact) mass is 338 g/mol. The molecule has 0 fully saturated rings. The Morgan fingerprint density at radius 3 is 2.61 bits per heavy atom. The van der Waals surface area contributed by atoms with Gasteiger partial charge in [0, 0.05) is 6.20 Å². The van der Waals surface area contributed by atoms with E-state index in [2.05, 4.69) is 9.97 Å². The van der Waals surface area contributed by atoms with E-state index >= 15 is 0 Å². The average Bonchev–Trinajstić information content (AvgIpc) is 2.95. The van der Waals surface area contributed by atoms with Crippen LogP contribution in [-0.2, 0) is 17.5 Å². The summed E-state index contributed by atoms with van der Waals surface area (Å²) in [5.41, 5.74) is -0.296. The molecule has 0 aliphatic heterocycles. The number of esters is 1. The highest BCUT2D eigenvalue weighted by atomic mass is 32.1. The highest BCUT2D eigenvalue weighted by molar-refractivity contribution is 7.18. The van der Waals surface area contributed by atoms with Gasteiger partial charge in [-0.05, 0) is 24.3 Å². The number of carbonyl (C=O) groups is 1. The van der Waals surface area contributed by atoms with Gasteiger partial charge in [0.1, 0.15) is 17.3 Å². The Hall–Kier alpha value is -2.48. The van der Waals surface area contributed by atoms with Gasteiger partial charge in [-0.25, -0.2) is 14.8 Å². The van der Waals surface area contributed by atoms with Crippen molar-refractivity contribution in [3.63, 3.8) is 0 Å². The average molecular weight is 338 g/mol. The maximum Gasteiger partial charge on any atom is 0.417 e.